The molecule has 0 N–H and O–H groups in total. The number of ether oxygens (including phenoxy) is 4. The van der Waals surface area contributed by atoms with Crippen molar-refractivity contribution in [1.82, 2.24) is 14.5 Å². The molecule has 0 saturated heterocycles. The summed E-state index contributed by atoms with van der Waals surface area (Å²) in [5.41, 5.74) is 4.57. The van der Waals surface area contributed by atoms with Crippen LogP contribution in [-0.4, -0.2) is 53.0 Å². The molecule has 0 radical (unpaired) electrons. The van der Waals surface area contributed by atoms with E-state index < -0.39 is 4.92 Å². The summed E-state index contributed by atoms with van der Waals surface area (Å²) in [4.78, 5) is 17.2. The van der Waals surface area contributed by atoms with Gasteiger partial charge in [0, 0.05) is 37.1 Å². The van der Waals surface area contributed by atoms with E-state index in [2.05, 4.69) is 38.8 Å². The molecule has 0 fully saturated rings. The van der Waals surface area contributed by atoms with Gasteiger partial charge in [-0.2, -0.15) is 4.57 Å². The minimum atomic E-state index is -0.420. The van der Waals surface area contributed by atoms with Gasteiger partial charge in [-0.3, -0.25) is 4.90 Å². The van der Waals surface area contributed by atoms with Gasteiger partial charge in [0.1, 0.15) is 19.3 Å². The van der Waals surface area contributed by atoms with Crippen molar-refractivity contribution in [3.8, 4) is 34.3 Å². The van der Waals surface area contributed by atoms with Crippen LogP contribution in [0.4, 0.5) is 5.82 Å². The van der Waals surface area contributed by atoms with Crippen LogP contribution < -0.4 is 23.5 Å². The standard InChI is InChI=1S/C33H31ClN5O6/c1-42-29-7-4-23-14-28-26-16-31-30(44-21-45-31)15-24(26)8-9-37(28)19-27(23)33(29)43-13-12-36(18-22-2-5-25(34)6-3-22)10-11-38-20-35-17-32(38)39(40)41/h2-7,14-17,19-20H,8-13,18,21H2,1H3/q+1. The van der Waals surface area contributed by atoms with Crippen molar-refractivity contribution in [2.45, 2.75) is 26.1 Å². The molecule has 0 saturated carbocycles. The molecule has 3 aromatic carbocycles. The number of fused-ring (bicyclic) bond motifs is 5. The Morgan fingerprint density at radius 1 is 1.11 bits per heavy atom. The number of aryl methyl sites for hydroxylation is 2. The van der Waals surface area contributed by atoms with Crippen molar-refractivity contribution in [2.75, 3.05) is 33.6 Å². The summed E-state index contributed by atoms with van der Waals surface area (Å²) in [6, 6.07) is 18.0. The number of rotatable bonds is 11. The molecule has 12 heteroatoms. The monoisotopic (exact) mass is 628 g/mol. The number of hydrogen-bond acceptors (Lipinski definition) is 8. The molecule has 2 aromatic heterocycles. The van der Waals surface area contributed by atoms with E-state index in [9.17, 15) is 10.1 Å². The molecule has 11 nitrogen and oxygen atoms in total. The van der Waals surface area contributed by atoms with Gasteiger partial charge in [0.25, 0.3) is 0 Å². The van der Waals surface area contributed by atoms with Crippen LogP contribution in [0.3, 0.4) is 0 Å². The molecule has 0 atom stereocenters. The van der Waals surface area contributed by atoms with Crippen molar-refractivity contribution in [1.29, 1.82) is 0 Å². The van der Waals surface area contributed by atoms with Gasteiger partial charge in [0.15, 0.2) is 42.1 Å². The summed E-state index contributed by atoms with van der Waals surface area (Å²) < 4.78 is 27.3. The van der Waals surface area contributed by atoms with Crippen LogP contribution in [0.5, 0.6) is 23.0 Å². The van der Waals surface area contributed by atoms with E-state index >= 15 is 0 Å². The van der Waals surface area contributed by atoms with E-state index in [-0.39, 0.29) is 12.6 Å². The summed E-state index contributed by atoms with van der Waals surface area (Å²) in [7, 11) is 1.64. The molecule has 0 aliphatic carbocycles. The Bertz CT molecular complexity index is 1890. The quantitative estimate of drug-likeness (QED) is 0.108. The largest absolute Gasteiger partial charge is 0.493 e. The van der Waals surface area contributed by atoms with Gasteiger partial charge in [-0.1, -0.05) is 23.7 Å². The third kappa shape index (κ3) is 5.84. The fraction of sp³-hybridized carbons (Fsp3) is 0.273. The van der Waals surface area contributed by atoms with E-state index in [1.54, 1.807) is 11.7 Å². The SMILES string of the molecule is COc1ccc2cc3[n+](cc2c1OCCN(CCn1cncc1[N+](=O)[O-])Cc1ccc(Cl)cc1)CCc1cc2c(cc1-3)OCO2. The van der Waals surface area contributed by atoms with Gasteiger partial charge in [-0.05, 0) is 57.8 Å². The summed E-state index contributed by atoms with van der Waals surface area (Å²) in [5, 5.41) is 14.1. The first kappa shape index (κ1) is 28.9. The lowest BCUT2D eigenvalue weighted by atomic mass is 9.95. The minimum absolute atomic E-state index is 0.0353. The van der Waals surface area contributed by atoms with Crippen LogP contribution in [0.15, 0.2) is 73.3 Å². The Kier molecular flexibility index (Phi) is 7.86. The van der Waals surface area contributed by atoms with Crippen LogP contribution in [-0.2, 0) is 26.1 Å². The number of pyridine rings is 1. The lowest BCUT2D eigenvalue weighted by Crippen LogP contribution is -2.40. The molecule has 4 heterocycles. The molecular weight excluding hydrogens is 598 g/mol. The lowest BCUT2D eigenvalue weighted by molar-refractivity contribution is -0.686. The minimum Gasteiger partial charge on any atom is -0.493 e. The number of methoxy groups -OCH3 is 1. The summed E-state index contributed by atoms with van der Waals surface area (Å²) >= 11 is 6.11. The zero-order valence-corrected chi connectivity index (χ0v) is 25.4. The number of aromatic nitrogens is 3. The fourth-order valence-corrected chi connectivity index (χ4v) is 6.11. The smallest absolute Gasteiger partial charge is 0.342 e. The van der Waals surface area contributed by atoms with Crippen LogP contribution in [0, 0.1) is 10.1 Å². The average molecular weight is 629 g/mol. The van der Waals surface area contributed by atoms with Gasteiger partial charge in [0.05, 0.1) is 18.1 Å². The Morgan fingerprint density at radius 2 is 1.93 bits per heavy atom. The highest BCUT2D eigenvalue weighted by molar-refractivity contribution is 6.30. The predicted octanol–water partition coefficient (Wildman–Crippen LogP) is 5.43. The maximum absolute atomic E-state index is 11.4. The molecular formula is C33H31ClN5O6+. The number of halogens is 1. The molecule has 7 rings (SSSR count). The molecule has 45 heavy (non-hydrogen) atoms. The average Bonchev–Trinajstić information content (AvgIpc) is 3.72. The summed E-state index contributed by atoms with van der Waals surface area (Å²) in [6.45, 7) is 3.60. The van der Waals surface area contributed by atoms with Gasteiger partial charge in [-0.15, -0.1) is 0 Å². The summed E-state index contributed by atoms with van der Waals surface area (Å²) in [5.74, 6) is 2.87. The topological polar surface area (TPSA) is 105 Å². The molecule has 0 spiro atoms. The number of hydrogen-bond donors (Lipinski definition) is 0. The second-order valence-electron chi connectivity index (χ2n) is 11.0. The highest BCUT2D eigenvalue weighted by Crippen LogP contribution is 2.41. The molecule has 0 unspecified atom stereocenters. The van der Waals surface area contributed by atoms with Crippen molar-refractivity contribution in [3.05, 3.63) is 99.6 Å². The third-order valence-electron chi connectivity index (χ3n) is 8.30. The highest BCUT2D eigenvalue weighted by atomic mass is 35.5. The number of benzene rings is 3. The van der Waals surface area contributed by atoms with Crippen LogP contribution in [0.1, 0.15) is 11.1 Å². The zero-order chi connectivity index (χ0) is 30.9. The van der Waals surface area contributed by atoms with Gasteiger partial charge >= 0.3 is 5.82 Å². The molecule has 5 aromatic rings. The van der Waals surface area contributed by atoms with Crippen molar-refractivity contribution >= 4 is 28.2 Å². The van der Waals surface area contributed by atoms with Crippen molar-refractivity contribution in [3.63, 3.8) is 0 Å². The Hall–Kier alpha value is -4.87. The van der Waals surface area contributed by atoms with Crippen molar-refractivity contribution in [2.24, 2.45) is 0 Å². The number of imidazole rings is 1. The molecule has 0 amide bonds. The fourth-order valence-electron chi connectivity index (χ4n) is 5.99. The normalized spacial score (nSPS) is 13.1. The van der Waals surface area contributed by atoms with Crippen LogP contribution in [0.25, 0.3) is 22.0 Å². The molecule has 2 aliphatic rings. The maximum atomic E-state index is 11.4. The van der Waals surface area contributed by atoms with Crippen LogP contribution in [0.2, 0.25) is 5.02 Å². The van der Waals surface area contributed by atoms with Crippen LogP contribution >= 0.6 is 11.6 Å². The Morgan fingerprint density at radius 3 is 2.73 bits per heavy atom. The van der Waals surface area contributed by atoms with Crippen molar-refractivity contribution < 1.29 is 28.4 Å². The first-order valence-corrected chi connectivity index (χ1v) is 15.1. The maximum Gasteiger partial charge on any atom is 0.342 e. The van der Waals surface area contributed by atoms with Gasteiger partial charge in [-0.25, -0.2) is 9.55 Å². The first-order valence-electron chi connectivity index (χ1n) is 14.7. The number of nitrogens with zero attached hydrogens (tertiary/aromatic N) is 5. The Labute approximate surface area is 264 Å². The van der Waals surface area contributed by atoms with E-state index in [1.165, 1.54) is 18.1 Å². The van der Waals surface area contributed by atoms with E-state index in [1.807, 2.05) is 36.4 Å². The highest BCUT2D eigenvalue weighted by Gasteiger charge is 2.29. The summed E-state index contributed by atoms with van der Waals surface area (Å²) in [6.07, 6.45) is 5.77. The lowest BCUT2D eigenvalue weighted by Gasteiger charge is -2.23. The van der Waals surface area contributed by atoms with Gasteiger partial charge < -0.3 is 29.1 Å². The molecule has 230 valence electrons. The van der Waals surface area contributed by atoms with E-state index in [0.717, 1.165) is 52.1 Å². The zero-order valence-electron chi connectivity index (χ0n) is 24.6. The second-order valence-corrected chi connectivity index (χ2v) is 11.5. The van der Waals surface area contributed by atoms with E-state index in [4.69, 9.17) is 30.5 Å². The van der Waals surface area contributed by atoms with E-state index in [0.29, 0.717) is 49.3 Å². The Balaban J connectivity index is 1.13. The van der Waals surface area contributed by atoms with Gasteiger partial charge in [0.2, 0.25) is 12.5 Å². The molecule has 2 aliphatic heterocycles. The number of nitro groups is 1. The second kappa shape index (κ2) is 12.3. The molecule has 0 bridgehead atoms. The third-order valence-corrected chi connectivity index (χ3v) is 8.56. The predicted molar refractivity (Wildman–Crippen MR) is 167 cm³/mol. The first-order chi connectivity index (χ1) is 22.0.